The Bertz CT molecular complexity index is 525. The molecule has 0 saturated carbocycles. The quantitative estimate of drug-likeness (QED) is 0.902. The second-order valence-electron chi connectivity index (χ2n) is 4.82. The fourth-order valence-electron chi connectivity index (χ4n) is 2.04. The highest BCUT2D eigenvalue weighted by Crippen LogP contribution is 2.23. The highest BCUT2D eigenvalue weighted by atomic mass is 15.3. The van der Waals surface area contributed by atoms with Gasteiger partial charge in [-0.15, -0.1) is 0 Å². The van der Waals surface area contributed by atoms with Crippen LogP contribution < -0.4 is 10.6 Å². The molecule has 18 heavy (non-hydrogen) atoms. The van der Waals surface area contributed by atoms with Crippen molar-refractivity contribution in [2.24, 2.45) is 0 Å². The van der Waals surface area contributed by atoms with Crippen molar-refractivity contribution in [3.63, 3.8) is 0 Å². The molecule has 0 fully saturated rings. The van der Waals surface area contributed by atoms with Crippen molar-refractivity contribution in [1.82, 2.24) is 9.78 Å². The lowest BCUT2D eigenvalue weighted by Gasteiger charge is -2.17. The van der Waals surface area contributed by atoms with Gasteiger partial charge >= 0.3 is 0 Å². The van der Waals surface area contributed by atoms with Gasteiger partial charge in [-0.25, -0.2) is 4.68 Å². The molecule has 0 aliphatic rings. The zero-order valence-corrected chi connectivity index (χ0v) is 11.4. The van der Waals surface area contributed by atoms with Crippen molar-refractivity contribution in [3.8, 4) is 0 Å². The molecule has 4 heteroatoms. The van der Waals surface area contributed by atoms with Crippen molar-refractivity contribution >= 4 is 11.5 Å². The number of benzene rings is 1. The van der Waals surface area contributed by atoms with Crippen LogP contribution in [-0.2, 0) is 0 Å². The van der Waals surface area contributed by atoms with E-state index in [-0.39, 0.29) is 6.04 Å². The van der Waals surface area contributed by atoms with Crippen LogP contribution in [0.15, 0.2) is 30.3 Å². The maximum Gasteiger partial charge on any atom is 0.122 e. The maximum atomic E-state index is 5.95. The Morgan fingerprint density at radius 3 is 2.28 bits per heavy atom. The summed E-state index contributed by atoms with van der Waals surface area (Å²) in [5.74, 6) is 0.705. The van der Waals surface area contributed by atoms with Crippen LogP contribution in [-0.4, -0.2) is 23.9 Å². The molecule has 96 valence electrons. The minimum absolute atomic E-state index is 0.148. The number of nitrogen functional groups attached to an aromatic ring is 1. The highest BCUT2D eigenvalue weighted by molar-refractivity contribution is 5.46. The summed E-state index contributed by atoms with van der Waals surface area (Å²) < 4.78 is 1.86. The van der Waals surface area contributed by atoms with Crippen molar-refractivity contribution < 1.29 is 0 Å². The molecule has 1 unspecified atom stereocenters. The first kappa shape index (κ1) is 12.5. The molecule has 0 aliphatic carbocycles. The Morgan fingerprint density at radius 1 is 1.22 bits per heavy atom. The predicted octanol–water partition coefficient (Wildman–Crippen LogP) is 2.45. The fourth-order valence-corrected chi connectivity index (χ4v) is 2.04. The average Bonchev–Trinajstić information content (AvgIpc) is 2.67. The lowest BCUT2D eigenvalue weighted by Crippen LogP contribution is -2.12. The van der Waals surface area contributed by atoms with Gasteiger partial charge in [0.05, 0.1) is 11.7 Å². The van der Waals surface area contributed by atoms with E-state index in [2.05, 4.69) is 41.2 Å². The van der Waals surface area contributed by atoms with Crippen LogP contribution in [0.25, 0.3) is 0 Å². The maximum absolute atomic E-state index is 5.95. The van der Waals surface area contributed by atoms with E-state index in [4.69, 9.17) is 5.73 Å². The molecule has 1 aromatic carbocycles. The number of hydrogen-bond donors (Lipinski definition) is 1. The van der Waals surface area contributed by atoms with Crippen LogP contribution in [0.2, 0.25) is 0 Å². The van der Waals surface area contributed by atoms with Gasteiger partial charge in [-0.1, -0.05) is 12.1 Å². The molecule has 0 radical (unpaired) electrons. The summed E-state index contributed by atoms with van der Waals surface area (Å²) in [6, 6.07) is 10.5. The molecule has 2 aromatic rings. The monoisotopic (exact) mass is 244 g/mol. The number of rotatable bonds is 3. The SMILES string of the molecule is Cc1cc(N)n(C(C)c2ccc(N(C)C)cc2)n1. The summed E-state index contributed by atoms with van der Waals surface area (Å²) in [7, 11) is 4.07. The Labute approximate surface area is 108 Å². The van der Waals surface area contributed by atoms with Crippen molar-refractivity contribution in [2.45, 2.75) is 19.9 Å². The zero-order valence-electron chi connectivity index (χ0n) is 11.4. The molecule has 1 heterocycles. The summed E-state index contributed by atoms with van der Waals surface area (Å²) >= 11 is 0. The molecular formula is C14H20N4. The molecule has 2 rings (SSSR count). The van der Waals surface area contributed by atoms with Gasteiger partial charge in [0.15, 0.2) is 0 Å². The highest BCUT2D eigenvalue weighted by Gasteiger charge is 2.12. The lowest BCUT2D eigenvalue weighted by molar-refractivity contribution is 0.569. The summed E-state index contributed by atoms with van der Waals surface area (Å²) in [6.45, 7) is 4.06. The lowest BCUT2D eigenvalue weighted by atomic mass is 10.1. The Hall–Kier alpha value is -1.97. The van der Waals surface area contributed by atoms with Crippen LogP contribution in [0.4, 0.5) is 11.5 Å². The van der Waals surface area contributed by atoms with E-state index in [0.717, 1.165) is 5.69 Å². The summed E-state index contributed by atoms with van der Waals surface area (Å²) in [5.41, 5.74) is 9.29. The molecule has 1 aromatic heterocycles. The predicted molar refractivity (Wildman–Crippen MR) is 76.0 cm³/mol. The van der Waals surface area contributed by atoms with E-state index < -0.39 is 0 Å². The largest absolute Gasteiger partial charge is 0.384 e. The third-order valence-electron chi connectivity index (χ3n) is 3.15. The molecule has 0 bridgehead atoms. The number of aryl methyl sites for hydroxylation is 1. The van der Waals surface area contributed by atoms with Crippen LogP contribution in [0.3, 0.4) is 0 Å². The van der Waals surface area contributed by atoms with E-state index in [1.165, 1.54) is 11.3 Å². The van der Waals surface area contributed by atoms with Gasteiger partial charge in [0.2, 0.25) is 0 Å². The topological polar surface area (TPSA) is 47.1 Å². The molecule has 0 aliphatic heterocycles. The van der Waals surface area contributed by atoms with E-state index in [1.54, 1.807) is 0 Å². The minimum Gasteiger partial charge on any atom is -0.384 e. The summed E-state index contributed by atoms with van der Waals surface area (Å²) in [4.78, 5) is 2.08. The van der Waals surface area contributed by atoms with Gasteiger partial charge in [-0.3, -0.25) is 0 Å². The van der Waals surface area contributed by atoms with Crippen molar-refractivity contribution in [3.05, 3.63) is 41.6 Å². The first-order valence-corrected chi connectivity index (χ1v) is 6.08. The first-order valence-electron chi connectivity index (χ1n) is 6.08. The first-order chi connectivity index (χ1) is 8.49. The van der Waals surface area contributed by atoms with E-state index in [0.29, 0.717) is 5.82 Å². The number of aromatic nitrogens is 2. The third kappa shape index (κ3) is 2.32. The molecule has 2 N–H and O–H groups in total. The smallest absolute Gasteiger partial charge is 0.122 e. The van der Waals surface area contributed by atoms with Crippen LogP contribution in [0.1, 0.15) is 24.2 Å². The van der Waals surface area contributed by atoms with Gasteiger partial charge in [0.1, 0.15) is 5.82 Å². The number of nitrogens with two attached hydrogens (primary N) is 1. The molecule has 4 nitrogen and oxygen atoms in total. The number of nitrogens with zero attached hydrogens (tertiary/aromatic N) is 3. The van der Waals surface area contributed by atoms with Gasteiger partial charge in [-0.2, -0.15) is 5.10 Å². The van der Waals surface area contributed by atoms with Gasteiger partial charge in [0.25, 0.3) is 0 Å². The Morgan fingerprint density at radius 2 is 1.83 bits per heavy atom. The molecule has 0 amide bonds. The van der Waals surface area contributed by atoms with E-state index in [1.807, 2.05) is 31.8 Å². The van der Waals surface area contributed by atoms with Gasteiger partial charge in [-0.05, 0) is 31.5 Å². The minimum atomic E-state index is 0.148. The van der Waals surface area contributed by atoms with Crippen LogP contribution in [0.5, 0.6) is 0 Å². The standard InChI is InChI=1S/C14H20N4/c1-10-9-14(15)18(16-10)11(2)12-5-7-13(8-6-12)17(3)4/h5-9,11H,15H2,1-4H3. The molecule has 1 atom stereocenters. The van der Waals surface area contributed by atoms with Crippen molar-refractivity contribution in [2.75, 3.05) is 24.7 Å². The second-order valence-corrected chi connectivity index (χ2v) is 4.82. The zero-order chi connectivity index (χ0) is 13.3. The van der Waals surface area contributed by atoms with E-state index in [9.17, 15) is 0 Å². The molecule has 0 saturated heterocycles. The number of hydrogen-bond acceptors (Lipinski definition) is 3. The second kappa shape index (κ2) is 4.72. The van der Waals surface area contributed by atoms with Gasteiger partial charge in [0, 0.05) is 25.8 Å². The Kier molecular flexibility index (Phi) is 3.28. The van der Waals surface area contributed by atoms with E-state index >= 15 is 0 Å². The third-order valence-corrected chi connectivity index (χ3v) is 3.15. The fraction of sp³-hybridized carbons (Fsp3) is 0.357. The average molecular weight is 244 g/mol. The summed E-state index contributed by atoms with van der Waals surface area (Å²) in [5, 5.41) is 4.43. The normalized spacial score (nSPS) is 12.4. The Balaban J connectivity index is 2.28. The van der Waals surface area contributed by atoms with Crippen molar-refractivity contribution in [1.29, 1.82) is 0 Å². The van der Waals surface area contributed by atoms with Gasteiger partial charge < -0.3 is 10.6 Å². The molecular weight excluding hydrogens is 224 g/mol. The summed E-state index contributed by atoms with van der Waals surface area (Å²) in [6.07, 6.45) is 0. The van der Waals surface area contributed by atoms with Crippen LogP contribution in [0, 0.1) is 6.92 Å². The number of anilines is 2. The van der Waals surface area contributed by atoms with Crippen LogP contribution >= 0.6 is 0 Å². The molecule has 0 spiro atoms.